The molecule has 0 saturated carbocycles. The van der Waals surface area contributed by atoms with Gasteiger partial charge in [-0.3, -0.25) is 9.36 Å². The number of thiophene rings is 1. The van der Waals surface area contributed by atoms with Crippen molar-refractivity contribution in [1.29, 1.82) is 0 Å². The van der Waals surface area contributed by atoms with E-state index in [0.29, 0.717) is 39.4 Å². The van der Waals surface area contributed by atoms with Crippen molar-refractivity contribution < 1.29 is 23.5 Å². The molecule has 0 aliphatic carbocycles. The lowest BCUT2D eigenvalue weighted by atomic mass is 10.0. The van der Waals surface area contributed by atoms with Crippen molar-refractivity contribution in [3.05, 3.63) is 88.8 Å². The van der Waals surface area contributed by atoms with Crippen LogP contribution in [0.4, 0.5) is 9.39 Å². The monoisotopic (exact) mass is 586 g/mol. The zero-order chi connectivity index (χ0) is 27.8. The summed E-state index contributed by atoms with van der Waals surface area (Å²) in [6.45, 7) is 6.12. The molecule has 0 atom stereocenters. The van der Waals surface area contributed by atoms with Crippen molar-refractivity contribution in [1.82, 2.24) is 14.8 Å². The van der Waals surface area contributed by atoms with E-state index >= 15 is 0 Å². The quantitative estimate of drug-likeness (QED) is 0.115. The van der Waals surface area contributed by atoms with Gasteiger partial charge in [0.2, 0.25) is 5.91 Å². The second-order valence-electron chi connectivity index (χ2n) is 7.94. The Morgan fingerprint density at radius 2 is 2.03 bits per heavy atom. The lowest BCUT2D eigenvalue weighted by Gasteiger charge is -2.10. The number of carbonyl (C=O) groups excluding carboxylic acids is 2. The number of nitrogens with one attached hydrogen (secondary N) is 1. The number of thioether (sulfide) groups is 1. The number of halogens is 2. The van der Waals surface area contributed by atoms with E-state index in [1.165, 1.54) is 35.2 Å². The van der Waals surface area contributed by atoms with Crippen molar-refractivity contribution in [2.24, 2.45) is 0 Å². The van der Waals surface area contributed by atoms with Gasteiger partial charge in [0.15, 0.2) is 11.0 Å². The molecule has 1 amide bonds. The van der Waals surface area contributed by atoms with Crippen LogP contribution in [0.25, 0.3) is 11.1 Å². The third-order valence-corrected chi connectivity index (χ3v) is 7.45. The van der Waals surface area contributed by atoms with E-state index in [1.807, 2.05) is 35.7 Å². The van der Waals surface area contributed by atoms with E-state index in [2.05, 4.69) is 22.1 Å². The van der Waals surface area contributed by atoms with Gasteiger partial charge in [0, 0.05) is 17.5 Å². The average molecular weight is 587 g/mol. The smallest absolute Gasteiger partial charge is 0.341 e. The Morgan fingerprint density at radius 3 is 2.74 bits per heavy atom. The number of hydrogen-bond donors (Lipinski definition) is 1. The molecule has 0 aliphatic heterocycles. The first-order valence-electron chi connectivity index (χ1n) is 11.8. The molecule has 0 fully saturated rings. The maximum absolute atomic E-state index is 13.3. The minimum absolute atomic E-state index is 0.0146. The molecule has 0 aliphatic rings. The van der Waals surface area contributed by atoms with Crippen LogP contribution < -0.4 is 10.1 Å². The molecule has 0 spiro atoms. The molecule has 0 unspecified atom stereocenters. The highest BCUT2D eigenvalue weighted by atomic mass is 35.5. The first-order chi connectivity index (χ1) is 18.9. The molecule has 0 radical (unpaired) electrons. The fourth-order valence-electron chi connectivity index (χ4n) is 3.56. The Kier molecular flexibility index (Phi) is 9.74. The number of amides is 1. The molecule has 4 aromatic rings. The average Bonchev–Trinajstić information content (AvgIpc) is 3.52. The number of benzene rings is 2. The summed E-state index contributed by atoms with van der Waals surface area (Å²) in [5.41, 5.74) is 1.86. The molecular weight excluding hydrogens is 563 g/mol. The van der Waals surface area contributed by atoms with E-state index in [9.17, 15) is 14.0 Å². The minimum Gasteiger partial charge on any atom is -0.484 e. The first-order valence-corrected chi connectivity index (χ1v) is 14.0. The van der Waals surface area contributed by atoms with Crippen molar-refractivity contribution in [3.63, 3.8) is 0 Å². The van der Waals surface area contributed by atoms with Crippen LogP contribution in [0.1, 0.15) is 23.1 Å². The third kappa shape index (κ3) is 7.05. The largest absolute Gasteiger partial charge is 0.484 e. The Bertz CT molecular complexity index is 1480. The molecule has 39 heavy (non-hydrogen) atoms. The Balaban J connectivity index is 1.45. The van der Waals surface area contributed by atoms with Crippen LogP contribution in [-0.4, -0.2) is 39.0 Å². The summed E-state index contributed by atoms with van der Waals surface area (Å²) in [5, 5.41) is 14.0. The van der Waals surface area contributed by atoms with Gasteiger partial charge in [0.25, 0.3) is 0 Å². The molecule has 0 bridgehead atoms. The fourth-order valence-corrected chi connectivity index (χ4v) is 5.52. The maximum atomic E-state index is 13.3. The summed E-state index contributed by atoms with van der Waals surface area (Å²) >= 11 is 8.47. The van der Waals surface area contributed by atoms with Gasteiger partial charge >= 0.3 is 5.97 Å². The highest BCUT2D eigenvalue weighted by Crippen LogP contribution is 2.36. The summed E-state index contributed by atoms with van der Waals surface area (Å²) < 4.78 is 26.0. The van der Waals surface area contributed by atoms with E-state index < -0.39 is 11.8 Å². The Hall–Kier alpha value is -3.67. The van der Waals surface area contributed by atoms with Gasteiger partial charge in [-0.15, -0.1) is 28.1 Å². The number of allylic oxidation sites excluding steroid dienone is 1. The lowest BCUT2D eigenvalue weighted by molar-refractivity contribution is -0.113. The molecule has 202 valence electrons. The van der Waals surface area contributed by atoms with Crippen LogP contribution in [0.5, 0.6) is 5.75 Å². The number of rotatable bonds is 12. The molecule has 12 heteroatoms. The summed E-state index contributed by atoms with van der Waals surface area (Å²) in [5.74, 6) is -0.488. The predicted molar refractivity (Wildman–Crippen MR) is 151 cm³/mol. The van der Waals surface area contributed by atoms with Gasteiger partial charge in [-0.05, 0) is 30.7 Å². The van der Waals surface area contributed by atoms with Crippen LogP contribution in [0.15, 0.2) is 71.7 Å². The third-order valence-electron chi connectivity index (χ3n) is 5.30. The highest BCUT2D eigenvalue weighted by molar-refractivity contribution is 7.99. The number of carbonyl (C=O) groups is 2. The summed E-state index contributed by atoms with van der Waals surface area (Å²) in [7, 11) is 0. The van der Waals surface area contributed by atoms with E-state index in [0.717, 1.165) is 11.6 Å². The highest BCUT2D eigenvalue weighted by Gasteiger charge is 2.23. The normalized spacial score (nSPS) is 10.7. The second kappa shape index (κ2) is 13.4. The summed E-state index contributed by atoms with van der Waals surface area (Å²) in [6, 6.07) is 13.3. The first kappa shape index (κ1) is 28.3. The molecule has 2 aromatic carbocycles. The molecule has 0 saturated heterocycles. The van der Waals surface area contributed by atoms with Gasteiger partial charge in [-0.25, -0.2) is 9.18 Å². The van der Waals surface area contributed by atoms with Gasteiger partial charge in [-0.2, -0.15) is 0 Å². The number of nitrogens with zero attached hydrogens (tertiary/aromatic N) is 3. The maximum Gasteiger partial charge on any atom is 0.341 e. The SMILES string of the molecule is C=CCn1c(COc2ccc(F)cc2Cl)nnc1SCC(=O)Nc1scc(-c2ccccc2)c1C(=O)OCC. The van der Waals surface area contributed by atoms with Crippen LogP contribution in [0.3, 0.4) is 0 Å². The van der Waals surface area contributed by atoms with Gasteiger partial charge in [-0.1, -0.05) is 59.8 Å². The van der Waals surface area contributed by atoms with Crippen molar-refractivity contribution in [2.45, 2.75) is 25.2 Å². The Labute approximate surface area is 237 Å². The topological polar surface area (TPSA) is 95.3 Å². The Morgan fingerprint density at radius 1 is 1.23 bits per heavy atom. The molecule has 2 heterocycles. The van der Waals surface area contributed by atoms with Crippen LogP contribution in [-0.2, 0) is 22.7 Å². The second-order valence-corrected chi connectivity index (χ2v) is 10.2. The zero-order valence-corrected chi connectivity index (χ0v) is 23.2. The zero-order valence-electron chi connectivity index (χ0n) is 20.9. The van der Waals surface area contributed by atoms with Gasteiger partial charge in [0.05, 0.1) is 17.4 Å². The summed E-state index contributed by atoms with van der Waals surface area (Å²) in [6.07, 6.45) is 1.67. The van der Waals surface area contributed by atoms with Gasteiger partial charge in [0.1, 0.15) is 28.7 Å². The van der Waals surface area contributed by atoms with E-state index in [-0.39, 0.29) is 29.9 Å². The number of hydrogen-bond acceptors (Lipinski definition) is 8. The van der Waals surface area contributed by atoms with Crippen LogP contribution in [0.2, 0.25) is 5.02 Å². The van der Waals surface area contributed by atoms with Crippen molar-refractivity contribution >= 4 is 51.6 Å². The number of aromatic nitrogens is 3. The molecule has 4 rings (SSSR count). The van der Waals surface area contributed by atoms with Crippen LogP contribution >= 0.6 is 34.7 Å². The molecule has 2 aromatic heterocycles. The molecule has 1 N–H and O–H groups in total. The summed E-state index contributed by atoms with van der Waals surface area (Å²) in [4.78, 5) is 25.7. The number of anilines is 1. The van der Waals surface area contributed by atoms with Crippen LogP contribution in [0, 0.1) is 5.82 Å². The molecule has 8 nitrogen and oxygen atoms in total. The van der Waals surface area contributed by atoms with Crippen molar-refractivity contribution in [3.8, 4) is 16.9 Å². The minimum atomic E-state index is -0.503. The predicted octanol–water partition coefficient (Wildman–Crippen LogP) is 6.47. The number of ether oxygens (including phenoxy) is 2. The van der Waals surface area contributed by atoms with E-state index in [1.54, 1.807) is 17.6 Å². The van der Waals surface area contributed by atoms with Crippen molar-refractivity contribution in [2.75, 3.05) is 17.7 Å². The fraction of sp³-hybridized carbons (Fsp3) is 0.185. The van der Waals surface area contributed by atoms with Gasteiger partial charge < -0.3 is 14.8 Å². The number of esters is 1. The molecular formula is C27H24ClFN4O4S2. The lowest BCUT2D eigenvalue weighted by Crippen LogP contribution is -2.17. The standard InChI is InChI=1S/C27H24ClFN4O4S2/c1-3-12-33-22(14-37-21-11-10-18(29)13-20(21)28)31-32-27(33)39-16-23(34)30-25-24(26(35)36-4-2)19(15-38-25)17-8-6-5-7-9-17/h3,5-11,13,15H,1,4,12,14,16H2,2H3,(H,30,34). The van der Waals surface area contributed by atoms with E-state index in [4.69, 9.17) is 21.1 Å².